The summed E-state index contributed by atoms with van der Waals surface area (Å²) in [7, 11) is -2.04. The second kappa shape index (κ2) is 9.20. The van der Waals surface area contributed by atoms with Gasteiger partial charge in [-0.15, -0.1) is 0 Å². The number of amidine groups is 1. The van der Waals surface area contributed by atoms with Crippen LogP contribution in [0.1, 0.15) is 5.56 Å². The molecule has 3 aromatic carbocycles. The number of para-hydroxylation sites is 2. The Labute approximate surface area is 198 Å². The Hall–Kier alpha value is -2.83. The number of benzene rings is 3. The highest BCUT2D eigenvalue weighted by atomic mass is 35.5. The van der Waals surface area contributed by atoms with E-state index >= 15 is 0 Å². The summed E-state index contributed by atoms with van der Waals surface area (Å²) in [5.41, 5.74) is 3.68. The van der Waals surface area contributed by atoms with Crippen molar-refractivity contribution in [2.45, 2.75) is 0 Å². The Kier molecular flexibility index (Phi) is 6.13. The van der Waals surface area contributed by atoms with Crippen molar-refractivity contribution in [2.24, 2.45) is 4.99 Å². The quantitative estimate of drug-likeness (QED) is 0.465. The fourth-order valence-corrected chi connectivity index (χ4v) is 5.67. The molecule has 2 aliphatic rings. The van der Waals surface area contributed by atoms with Crippen molar-refractivity contribution in [2.75, 3.05) is 38.6 Å². The predicted octanol–water partition coefficient (Wildman–Crippen LogP) is 5.93. The first-order valence-electron chi connectivity index (χ1n) is 10.7. The average molecular weight is 483 g/mol. The molecular formula is C24H24ClN4O3P. The van der Waals surface area contributed by atoms with Crippen molar-refractivity contribution in [3.8, 4) is 5.75 Å². The maximum atomic E-state index is 13.5. The second-order valence-corrected chi connectivity index (χ2v) is 10.3. The third-order valence-electron chi connectivity index (χ3n) is 5.72. The van der Waals surface area contributed by atoms with Crippen LogP contribution in [-0.4, -0.2) is 48.7 Å². The molecule has 1 atom stereocenters. The summed E-state index contributed by atoms with van der Waals surface area (Å²) < 4.78 is 26.4. The van der Waals surface area contributed by atoms with Crippen LogP contribution in [0.25, 0.3) is 0 Å². The average Bonchev–Trinajstić information content (AvgIpc) is 3.01. The second-order valence-electron chi connectivity index (χ2n) is 7.76. The maximum absolute atomic E-state index is 13.5. The van der Waals surface area contributed by atoms with E-state index in [9.17, 15) is 4.57 Å². The maximum Gasteiger partial charge on any atom is 0.461 e. The third kappa shape index (κ3) is 4.50. The first-order chi connectivity index (χ1) is 16.1. The summed E-state index contributed by atoms with van der Waals surface area (Å²) in [4.78, 5) is 7.19. The zero-order chi connectivity index (χ0) is 22.8. The molecule has 9 heteroatoms. The van der Waals surface area contributed by atoms with E-state index < -0.39 is 7.75 Å². The lowest BCUT2D eigenvalue weighted by Gasteiger charge is -2.38. The molecule has 1 unspecified atom stereocenters. The van der Waals surface area contributed by atoms with Crippen LogP contribution < -0.4 is 9.84 Å². The van der Waals surface area contributed by atoms with Gasteiger partial charge in [-0.25, -0.2) is 9.56 Å². The number of rotatable bonds is 4. The van der Waals surface area contributed by atoms with Crippen LogP contribution in [0.2, 0.25) is 5.02 Å². The highest BCUT2D eigenvalue weighted by Gasteiger charge is 2.37. The van der Waals surface area contributed by atoms with Crippen molar-refractivity contribution < 1.29 is 13.6 Å². The molecule has 7 nitrogen and oxygen atoms in total. The molecule has 0 bridgehead atoms. The van der Waals surface area contributed by atoms with Gasteiger partial charge < -0.3 is 14.7 Å². The van der Waals surface area contributed by atoms with Crippen molar-refractivity contribution in [1.82, 2.24) is 9.57 Å². The molecule has 0 amide bonds. The van der Waals surface area contributed by atoms with Crippen LogP contribution in [0.4, 0.5) is 17.1 Å². The Bertz CT molecular complexity index is 1230. The molecule has 33 heavy (non-hydrogen) atoms. The summed E-state index contributed by atoms with van der Waals surface area (Å²) in [6.45, 7) is 2.26. The van der Waals surface area contributed by atoms with E-state index in [1.54, 1.807) is 16.8 Å². The van der Waals surface area contributed by atoms with E-state index in [1.807, 2.05) is 54.6 Å². The van der Waals surface area contributed by atoms with E-state index in [4.69, 9.17) is 25.6 Å². The lowest BCUT2D eigenvalue weighted by Crippen LogP contribution is -2.48. The molecule has 2 heterocycles. The largest absolute Gasteiger partial charge is 0.461 e. The fourth-order valence-electron chi connectivity index (χ4n) is 4.03. The summed E-state index contributed by atoms with van der Waals surface area (Å²) in [5.74, 6) is 1.38. The summed E-state index contributed by atoms with van der Waals surface area (Å²) >= 11 is 6.25. The number of fused-ring (bicyclic) bond motifs is 2. The zero-order valence-electron chi connectivity index (χ0n) is 18.1. The molecule has 1 fully saturated rings. The first-order valence-corrected chi connectivity index (χ1v) is 12.6. The Morgan fingerprint density at radius 1 is 0.939 bits per heavy atom. The molecular weight excluding hydrogens is 459 g/mol. The smallest absolute Gasteiger partial charge is 0.413 e. The summed E-state index contributed by atoms with van der Waals surface area (Å²) in [6, 6.07) is 22.9. The predicted molar refractivity (Wildman–Crippen MR) is 132 cm³/mol. The van der Waals surface area contributed by atoms with Crippen LogP contribution in [0.5, 0.6) is 5.75 Å². The highest BCUT2D eigenvalue weighted by Crippen LogP contribution is 2.51. The molecule has 1 saturated heterocycles. The minimum atomic E-state index is -3.46. The standard InChI is InChI=1S/C24H24ClN4O3P/c1-31-33(30,32-19-7-3-2-4-8-19)29-15-13-28(14-16-29)24-20-9-5-6-10-21(20)26-22-12-11-18(25)17-23(22)27-24/h2-12,17,26H,13-16H2,1H3. The molecule has 0 aliphatic carbocycles. The van der Waals surface area contributed by atoms with Crippen LogP contribution in [0.3, 0.4) is 0 Å². The van der Waals surface area contributed by atoms with Gasteiger partial charge in [0.25, 0.3) is 0 Å². The van der Waals surface area contributed by atoms with Gasteiger partial charge >= 0.3 is 7.75 Å². The van der Waals surface area contributed by atoms with Crippen LogP contribution in [-0.2, 0) is 9.09 Å². The molecule has 3 aromatic rings. The van der Waals surface area contributed by atoms with Gasteiger partial charge in [0.15, 0.2) is 0 Å². The minimum Gasteiger partial charge on any atom is -0.413 e. The van der Waals surface area contributed by atoms with E-state index in [0.717, 1.165) is 28.5 Å². The van der Waals surface area contributed by atoms with E-state index in [2.05, 4.69) is 16.3 Å². The van der Waals surface area contributed by atoms with Crippen LogP contribution >= 0.6 is 19.3 Å². The van der Waals surface area contributed by atoms with Gasteiger partial charge in [-0.3, -0.25) is 4.52 Å². The molecule has 0 spiro atoms. The highest BCUT2D eigenvalue weighted by molar-refractivity contribution is 7.51. The van der Waals surface area contributed by atoms with Gasteiger partial charge in [0.05, 0.1) is 11.4 Å². The minimum absolute atomic E-state index is 0.509. The number of hydrogen-bond donors (Lipinski definition) is 1. The lowest BCUT2D eigenvalue weighted by molar-refractivity contribution is 0.197. The topological polar surface area (TPSA) is 66.4 Å². The zero-order valence-corrected chi connectivity index (χ0v) is 19.8. The van der Waals surface area contributed by atoms with Crippen molar-refractivity contribution in [3.63, 3.8) is 0 Å². The number of hydrogen-bond acceptors (Lipinski definition) is 6. The molecule has 0 radical (unpaired) electrons. The molecule has 0 aromatic heterocycles. The van der Waals surface area contributed by atoms with Crippen molar-refractivity contribution in [3.05, 3.63) is 83.4 Å². The summed E-state index contributed by atoms with van der Waals surface area (Å²) in [6.07, 6.45) is 0. The Morgan fingerprint density at radius 2 is 1.67 bits per heavy atom. The van der Waals surface area contributed by atoms with Crippen LogP contribution in [0, 0.1) is 0 Å². The molecule has 2 aliphatic heterocycles. The van der Waals surface area contributed by atoms with Gasteiger partial charge in [0.1, 0.15) is 11.6 Å². The number of aliphatic imine (C=N–C) groups is 1. The van der Waals surface area contributed by atoms with E-state index in [0.29, 0.717) is 37.0 Å². The van der Waals surface area contributed by atoms with Gasteiger partial charge in [-0.2, -0.15) is 4.67 Å². The Balaban J connectivity index is 1.40. The van der Waals surface area contributed by atoms with E-state index in [1.165, 1.54) is 7.11 Å². The SMILES string of the molecule is COP(=O)(Oc1ccccc1)N1CCN(C2=Nc3cc(Cl)ccc3Nc3ccccc32)CC1. The third-order valence-corrected chi connectivity index (χ3v) is 7.95. The van der Waals surface area contributed by atoms with Gasteiger partial charge in [0.2, 0.25) is 0 Å². The van der Waals surface area contributed by atoms with Gasteiger partial charge in [-0.1, -0.05) is 41.9 Å². The van der Waals surface area contributed by atoms with Gasteiger partial charge in [0, 0.05) is 49.6 Å². The number of nitrogens with one attached hydrogen (secondary N) is 1. The number of piperazine rings is 1. The monoisotopic (exact) mass is 482 g/mol. The van der Waals surface area contributed by atoms with Gasteiger partial charge in [-0.05, 0) is 42.5 Å². The lowest BCUT2D eigenvalue weighted by atomic mass is 10.1. The number of halogens is 1. The molecule has 0 saturated carbocycles. The fraction of sp³-hybridized carbons (Fsp3) is 0.208. The van der Waals surface area contributed by atoms with Crippen molar-refractivity contribution >= 4 is 42.2 Å². The number of nitrogens with zero attached hydrogens (tertiary/aromatic N) is 3. The van der Waals surface area contributed by atoms with Crippen LogP contribution in [0.15, 0.2) is 77.8 Å². The molecule has 170 valence electrons. The summed E-state index contributed by atoms with van der Waals surface area (Å²) in [5, 5.41) is 4.11. The molecule has 5 rings (SSSR count). The first kappa shape index (κ1) is 22.0. The van der Waals surface area contributed by atoms with E-state index in [-0.39, 0.29) is 0 Å². The Morgan fingerprint density at radius 3 is 2.42 bits per heavy atom. The van der Waals surface area contributed by atoms with Crippen molar-refractivity contribution in [1.29, 1.82) is 0 Å². The molecule has 1 N–H and O–H groups in total. The number of anilines is 2. The normalized spacial score (nSPS) is 17.6.